The van der Waals surface area contributed by atoms with Crippen LogP contribution in [0.1, 0.15) is 23.3 Å². The molecular weight excluding hydrogens is 563 g/mol. The summed E-state index contributed by atoms with van der Waals surface area (Å²) in [4.78, 5) is 2.39. The minimum Gasteiger partial charge on any atom is -0.477 e. The van der Waals surface area contributed by atoms with Gasteiger partial charge in [0.15, 0.2) is 6.61 Å². The van der Waals surface area contributed by atoms with Crippen molar-refractivity contribution in [2.75, 3.05) is 43.9 Å². The summed E-state index contributed by atoms with van der Waals surface area (Å²) in [6.45, 7) is 1.60. The highest BCUT2D eigenvalue weighted by Gasteiger charge is 2.31. The van der Waals surface area contributed by atoms with Crippen LogP contribution in [0, 0.1) is 23.2 Å². The molecule has 0 amide bonds. The number of halogens is 3. The largest absolute Gasteiger partial charge is 0.477 e. The Bertz CT molecular complexity index is 1580. The maximum absolute atomic E-state index is 13.5. The van der Waals surface area contributed by atoms with E-state index < -0.39 is 22.6 Å². The van der Waals surface area contributed by atoms with Crippen LogP contribution in [0.4, 0.5) is 24.5 Å². The third kappa shape index (κ3) is 7.58. The highest BCUT2D eigenvalue weighted by Crippen LogP contribution is 2.39. The number of alkyl halides is 3. The Morgan fingerprint density at radius 2 is 1.95 bits per heavy atom. The van der Waals surface area contributed by atoms with E-state index in [4.69, 9.17) is 15.1 Å². The standard InChI is InChI=1S/C27H28F3N5O3S2/c1-35-13-9-18(10-14-35)34-23-5-2-4-20-21(17-27(28,29)30)25(39-26(20)23)6-3-12-33-22-8-7-19(40(32,36)37)16-24(22)38-15-11-31/h2,4-5,7-8,16,18,33-34H,9-10,12-15,17H2,1H3,(H2,32,36,37). The van der Waals surface area contributed by atoms with Crippen molar-refractivity contribution in [3.63, 3.8) is 0 Å². The molecule has 0 radical (unpaired) electrons. The molecule has 1 aliphatic rings. The van der Waals surface area contributed by atoms with Crippen molar-refractivity contribution in [3.05, 3.63) is 46.8 Å². The summed E-state index contributed by atoms with van der Waals surface area (Å²) in [5.74, 6) is 5.84. The van der Waals surface area contributed by atoms with Crippen molar-refractivity contribution in [1.29, 1.82) is 5.26 Å². The van der Waals surface area contributed by atoms with Crippen LogP contribution in [0.5, 0.6) is 5.75 Å². The Labute approximate surface area is 235 Å². The Hall–Kier alpha value is -3.49. The second kappa shape index (κ2) is 12.4. The molecule has 1 aromatic heterocycles. The Kier molecular flexibility index (Phi) is 9.11. The molecule has 8 nitrogen and oxygen atoms in total. The lowest BCUT2D eigenvalue weighted by atomic mass is 10.0. The summed E-state index contributed by atoms with van der Waals surface area (Å²) in [6, 6.07) is 11.3. The number of hydrogen-bond donors (Lipinski definition) is 3. The zero-order valence-electron chi connectivity index (χ0n) is 21.6. The highest BCUT2D eigenvalue weighted by molar-refractivity contribution is 7.89. The summed E-state index contributed by atoms with van der Waals surface area (Å²) in [5.41, 5.74) is 1.30. The number of benzene rings is 2. The van der Waals surface area contributed by atoms with E-state index in [0.717, 1.165) is 36.3 Å². The zero-order valence-corrected chi connectivity index (χ0v) is 23.3. The molecule has 212 valence electrons. The molecule has 0 atom stereocenters. The van der Waals surface area contributed by atoms with E-state index in [0.29, 0.717) is 16.0 Å². The molecule has 13 heteroatoms. The number of anilines is 2. The van der Waals surface area contributed by atoms with Gasteiger partial charge in [0.25, 0.3) is 0 Å². The van der Waals surface area contributed by atoms with E-state index in [9.17, 15) is 21.6 Å². The van der Waals surface area contributed by atoms with Gasteiger partial charge in [-0.2, -0.15) is 18.4 Å². The van der Waals surface area contributed by atoms with Crippen LogP contribution in [-0.4, -0.2) is 58.8 Å². The van der Waals surface area contributed by atoms with E-state index in [-0.39, 0.29) is 35.4 Å². The van der Waals surface area contributed by atoms with Crippen molar-refractivity contribution in [1.82, 2.24) is 4.90 Å². The van der Waals surface area contributed by atoms with Gasteiger partial charge < -0.3 is 20.3 Å². The SMILES string of the molecule is CN1CCC(Nc2cccc3c(CC(F)(F)F)c(C#CCNc4ccc(S(N)(=O)=O)cc4OCC#N)sc23)CC1. The van der Waals surface area contributed by atoms with Gasteiger partial charge in [-0.1, -0.05) is 24.0 Å². The number of likely N-dealkylation sites (tertiary alicyclic amines) is 1. The predicted molar refractivity (Wildman–Crippen MR) is 150 cm³/mol. The van der Waals surface area contributed by atoms with Gasteiger partial charge in [-0.25, -0.2) is 13.6 Å². The molecule has 0 unspecified atom stereocenters. The number of nitriles is 1. The fraction of sp³-hybridized carbons (Fsp3) is 0.370. The fourth-order valence-electron chi connectivity index (χ4n) is 4.45. The molecule has 2 aromatic carbocycles. The number of thiophene rings is 1. The number of nitrogens with two attached hydrogens (primary N) is 1. The Morgan fingerprint density at radius 3 is 2.62 bits per heavy atom. The molecule has 3 aromatic rings. The van der Waals surface area contributed by atoms with Crippen LogP contribution in [0.2, 0.25) is 0 Å². The van der Waals surface area contributed by atoms with Crippen LogP contribution in [0.3, 0.4) is 0 Å². The lowest BCUT2D eigenvalue weighted by Crippen LogP contribution is -2.36. The normalized spacial score (nSPS) is 14.8. The van der Waals surface area contributed by atoms with Gasteiger partial charge in [0.1, 0.15) is 11.8 Å². The van der Waals surface area contributed by atoms with E-state index in [1.54, 1.807) is 18.2 Å². The molecule has 0 bridgehead atoms. The summed E-state index contributed by atoms with van der Waals surface area (Å²) in [5, 5.41) is 21.0. The summed E-state index contributed by atoms with van der Waals surface area (Å²) >= 11 is 1.23. The average molecular weight is 592 g/mol. The second-order valence-electron chi connectivity index (χ2n) is 9.41. The van der Waals surface area contributed by atoms with Crippen LogP contribution in [0.25, 0.3) is 10.1 Å². The first kappa shape index (κ1) is 29.5. The molecule has 4 N–H and O–H groups in total. The van der Waals surface area contributed by atoms with Crippen LogP contribution < -0.4 is 20.5 Å². The number of nitrogens with zero attached hydrogens (tertiary/aromatic N) is 2. The Morgan fingerprint density at radius 1 is 1.20 bits per heavy atom. The van der Waals surface area contributed by atoms with Crippen LogP contribution in [0.15, 0.2) is 41.3 Å². The van der Waals surface area contributed by atoms with Crippen molar-refractivity contribution >= 4 is 42.8 Å². The van der Waals surface area contributed by atoms with Gasteiger partial charge in [0, 0.05) is 12.1 Å². The van der Waals surface area contributed by atoms with Crippen molar-refractivity contribution < 1.29 is 26.3 Å². The minimum atomic E-state index is -4.40. The molecule has 1 fully saturated rings. The number of hydrogen-bond acceptors (Lipinski definition) is 8. The number of fused-ring (bicyclic) bond motifs is 1. The number of primary sulfonamides is 1. The van der Waals surface area contributed by atoms with Gasteiger partial charge in [-0.15, -0.1) is 11.3 Å². The molecule has 40 heavy (non-hydrogen) atoms. The van der Waals surface area contributed by atoms with Gasteiger partial charge >= 0.3 is 6.18 Å². The topological polar surface area (TPSA) is 120 Å². The number of piperidine rings is 1. The van der Waals surface area contributed by atoms with E-state index >= 15 is 0 Å². The maximum Gasteiger partial charge on any atom is 0.393 e. The summed E-state index contributed by atoms with van der Waals surface area (Å²) < 4.78 is 70.0. The van der Waals surface area contributed by atoms with Crippen molar-refractivity contribution in [2.45, 2.75) is 36.4 Å². The Balaban J connectivity index is 1.60. The second-order valence-corrected chi connectivity index (χ2v) is 12.0. The predicted octanol–water partition coefficient (Wildman–Crippen LogP) is 4.53. The quantitative estimate of drug-likeness (QED) is 0.330. The first-order chi connectivity index (χ1) is 18.9. The molecule has 1 aliphatic heterocycles. The zero-order chi connectivity index (χ0) is 28.9. The van der Waals surface area contributed by atoms with Gasteiger partial charge in [-0.3, -0.25) is 0 Å². The molecule has 0 saturated carbocycles. The molecule has 4 rings (SSSR count). The summed E-state index contributed by atoms with van der Waals surface area (Å²) in [7, 11) is -1.92. The third-order valence-corrected chi connectivity index (χ3v) is 8.52. The van der Waals surface area contributed by atoms with Gasteiger partial charge in [0.2, 0.25) is 10.0 Å². The lowest BCUT2D eigenvalue weighted by Gasteiger charge is -2.30. The van der Waals surface area contributed by atoms with E-state index in [2.05, 4.69) is 34.4 Å². The summed E-state index contributed by atoms with van der Waals surface area (Å²) in [6.07, 6.45) is -3.60. The smallest absolute Gasteiger partial charge is 0.393 e. The van der Waals surface area contributed by atoms with Crippen LogP contribution >= 0.6 is 11.3 Å². The van der Waals surface area contributed by atoms with Crippen LogP contribution in [-0.2, 0) is 16.4 Å². The number of sulfonamides is 1. The van der Waals surface area contributed by atoms with Gasteiger partial charge in [0.05, 0.1) is 38.8 Å². The fourth-order valence-corrected chi connectivity index (χ4v) is 6.15. The number of rotatable bonds is 8. The number of ether oxygens (including phenoxy) is 1. The van der Waals surface area contributed by atoms with E-state index in [1.165, 1.54) is 29.5 Å². The van der Waals surface area contributed by atoms with Crippen molar-refractivity contribution in [3.8, 4) is 23.7 Å². The number of nitrogens with one attached hydrogen (secondary N) is 2. The lowest BCUT2D eigenvalue weighted by molar-refractivity contribution is -0.126. The first-order valence-electron chi connectivity index (χ1n) is 12.4. The highest BCUT2D eigenvalue weighted by atomic mass is 32.2. The molecule has 0 aliphatic carbocycles. The average Bonchev–Trinajstić information content (AvgIpc) is 3.23. The van der Waals surface area contributed by atoms with E-state index in [1.807, 2.05) is 6.07 Å². The molecular formula is C27H28F3N5O3S2. The molecule has 2 heterocycles. The molecule has 1 saturated heterocycles. The maximum atomic E-state index is 13.5. The minimum absolute atomic E-state index is 0.0258. The van der Waals surface area contributed by atoms with Crippen molar-refractivity contribution in [2.24, 2.45) is 5.14 Å². The monoisotopic (exact) mass is 591 g/mol. The molecule has 0 spiro atoms. The van der Waals surface area contributed by atoms with Gasteiger partial charge in [-0.05, 0) is 62.1 Å². The third-order valence-electron chi connectivity index (χ3n) is 6.42. The first-order valence-corrected chi connectivity index (χ1v) is 14.8.